The summed E-state index contributed by atoms with van der Waals surface area (Å²) in [7, 11) is 1.60. The number of amides is 2. The average Bonchev–Trinajstić information content (AvgIpc) is 2.51. The Morgan fingerprint density at radius 2 is 1.71 bits per heavy atom. The zero-order valence-electron chi connectivity index (χ0n) is 14.3. The number of carbonyl (C=O) groups excluding carboxylic acids is 2. The minimum absolute atomic E-state index is 0.166. The number of nitrogens with zero attached hydrogens (tertiary/aromatic N) is 1. The van der Waals surface area contributed by atoms with Crippen LogP contribution in [0.4, 0.5) is 5.69 Å². The summed E-state index contributed by atoms with van der Waals surface area (Å²) in [5.41, 5.74) is 3.78. The molecule has 0 unspecified atom stereocenters. The molecule has 6 heteroatoms. The third-order valence-corrected chi connectivity index (χ3v) is 3.72. The number of nitrogens with one attached hydrogen (secondary N) is 2. The molecule has 1 heterocycles. The molecule has 0 aliphatic heterocycles. The van der Waals surface area contributed by atoms with Gasteiger partial charge in [0.25, 0.3) is 11.5 Å². The van der Waals surface area contributed by atoms with E-state index in [-0.39, 0.29) is 23.6 Å². The second-order valence-corrected chi connectivity index (χ2v) is 5.87. The summed E-state index contributed by atoms with van der Waals surface area (Å²) < 4.78 is 1.37. The lowest BCUT2D eigenvalue weighted by atomic mass is 10.1. The second-order valence-electron chi connectivity index (χ2n) is 5.87. The van der Waals surface area contributed by atoms with Crippen molar-refractivity contribution in [3.63, 3.8) is 0 Å². The van der Waals surface area contributed by atoms with E-state index in [4.69, 9.17) is 0 Å². The minimum Gasteiger partial charge on any atom is -0.343 e. The normalized spacial score (nSPS) is 10.3. The highest BCUT2D eigenvalue weighted by atomic mass is 16.2. The molecule has 6 nitrogen and oxygen atoms in total. The van der Waals surface area contributed by atoms with E-state index >= 15 is 0 Å². The summed E-state index contributed by atoms with van der Waals surface area (Å²) in [6, 6.07) is 6.74. The molecule has 24 heavy (non-hydrogen) atoms. The van der Waals surface area contributed by atoms with Crippen LogP contribution in [0.3, 0.4) is 0 Å². The van der Waals surface area contributed by atoms with Crippen molar-refractivity contribution in [1.82, 2.24) is 9.88 Å². The van der Waals surface area contributed by atoms with Gasteiger partial charge in [0.05, 0.1) is 6.54 Å². The molecule has 0 aliphatic carbocycles. The fourth-order valence-electron chi connectivity index (χ4n) is 2.51. The van der Waals surface area contributed by atoms with Gasteiger partial charge < -0.3 is 15.2 Å². The predicted molar refractivity (Wildman–Crippen MR) is 93.3 cm³/mol. The maximum Gasteiger partial charge on any atom is 0.251 e. The van der Waals surface area contributed by atoms with Crippen LogP contribution in [0.25, 0.3) is 0 Å². The summed E-state index contributed by atoms with van der Waals surface area (Å²) in [6.45, 7) is 5.68. The van der Waals surface area contributed by atoms with E-state index in [0.717, 1.165) is 22.4 Å². The van der Waals surface area contributed by atoms with Gasteiger partial charge in [0, 0.05) is 30.6 Å². The van der Waals surface area contributed by atoms with Crippen LogP contribution in [0.15, 0.2) is 35.3 Å². The first-order chi connectivity index (χ1) is 11.3. The number of carbonyl (C=O) groups is 2. The zero-order valence-corrected chi connectivity index (χ0v) is 14.3. The molecule has 0 atom stereocenters. The lowest BCUT2D eigenvalue weighted by Gasteiger charge is -2.13. The van der Waals surface area contributed by atoms with Crippen LogP contribution in [-0.4, -0.2) is 22.9 Å². The van der Waals surface area contributed by atoms with Gasteiger partial charge in [-0.2, -0.15) is 0 Å². The first-order valence-corrected chi connectivity index (χ1v) is 7.60. The topological polar surface area (TPSA) is 80.2 Å². The monoisotopic (exact) mass is 327 g/mol. The van der Waals surface area contributed by atoms with E-state index in [2.05, 4.69) is 10.6 Å². The fraction of sp³-hybridized carbons (Fsp3) is 0.278. The van der Waals surface area contributed by atoms with Crippen LogP contribution >= 0.6 is 0 Å². The van der Waals surface area contributed by atoms with Crippen molar-refractivity contribution in [3.8, 4) is 0 Å². The van der Waals surface area contributed by atoms with E-state index in [1.54, 1.807) is 7.05 Å². The van der Waals surface area contributed by atoms with Crippen LogP contribution in [0.5, 0.6) is 0 Å². The molecule has 0 bridgehead atoms. The van der Waals surface area contributed by atoms with E-state index in [0.29, 0.717) is 0 Å². The van der Waals surface area contributed by atoms with Crippen LogP contribution in [-0.2, 0) is 11.8 Å². The Bertz CT molecular complexity index is 830. The quantitative estimate of drug-likeness (QED) is 0.896. The molecule has 1 aromatic heterocycles. The Balaban J connectivity index is 1.99. The summed E-state index contributed by atoms with van der Waals surface area (Å²) in [5.74, 6) is -0.776. The van der Waals surface area contributed by atoms with Crippen LogP contribution in [0.2, 0.25) is 0 Å². The lowest BCUT2D eigenvalue weighted by molar-refractivity contribution is -0.115. The highest BCUT2D eigenvalue weighted by molar-refractivity contribution is 5.99. The summed E-state index contributed by atoms with van der Waals surface area (Å²) in [5, 5.41) is 5.33. The van der Waals surface area contributed by atoms with Gasteiger partial charge >= 0.3 is 0 Å². The van der Waals surface area contributed by atoms with E-state index in [9.17, 15) is 14.4 Å². The molecule has 1 aromatic carbocycles. The number of anilines is 1. The van der Waals surface area contributed by atoms with Crippen molar-refractivity contribution in [3.05, 3.63) is 63.1 Å². The first-order valence-electron chi connectivity index (χ1n) is 7.60. The van der Waals surface area contributed by atoms with Crippen molar-refractivity contribution >= 4 is 17.5 Å². The van der Waals surface area contributed by atoms with Gasteiger partial charge in [-0.05, 0) is 38.0 Å². The Morgan fingerprint density at radius 1 is 1.08 bits per heavy atom. The molecule has 0 aliphatic rings. The number of hydrogen-bond donors (Lipinski definition) is 2. The van der Waals surface area contributed by atoms with Crippen molar-refractivity contribution in [2.45, 2.75) is 20.8 Å². The van der Waals surface area contributed by atoms with Gasteiger partial charge in [0.1, 0.15) is 0 Å². The minimum atomic E-state index is -0.458. The Kier molecular flexibility index (Phi) is 5.18. The van der Waals surface area contributed by atoms with E-state index < -0.39 is 5.91 Å². The number of pyridine rings is 1. The van der Waals surface area contributed by atoms with Crippen LogP contribution in [0.1, 0.15) is 27.0 Å². The smallest absolute Gasteiger partial charge is 0.251 e. The molecule has 0 radical (unpaired) electrons. The Labute approximate surface area is 140 Å². The van der Waals surface area contributed by atoms with Crippen molar-refractivity contribution in [1.29, 1.82) is 0 Å². The molecule has 2 aromatic rings. The molecule has 0 saturated carbocycles. The second kappa shape index (κ2) is 7.12. The van der Waals surface area contributed by atoms with Crippen molar-refractivity contribution in [2.75, 3.05) is 11.9 Å². The molecule has 126 valence electrons. The van der Waals surface area contributed by atoms with Crippen LogP contribution < -0.4 is 16.2 Å². The van der Waals surface area contributed by atoms with Crippen LogP contribution in [0, 0.1) is 20.8 Å². The zero-order chi connectivity index (χ0) is 17.9. The van der Waals surface area contributed by atoms with Gasteiger partial charge in [-0.25, -0.2) is 0 Å². The number of aryl methyl sites for hydroxylation is 4. The number of aromatic nitrogens is 1. The lowest BCUT2D eigenvalue weighted by Crippen LogP contribution is -2.34. The Morgan fingerprint density at radius 3 is 2.29 bits per heavy atom. The molecule has 2 N–H and O–H groups in total. The highest BCUT2D eigenvalue weighted by Gasteiger charge is 2.11. The molecule has 2 amide bonds. The summed E-state index contributed by atoms with van der Waals surface area (Å²) >= 11 is 0. The summed E-state index contributed by atoms with van der Waals surface area (Å²) in [4.78, 5) is 35.6. The maximum atomic E-state index is 12.1. The van der Waals surface area contributed by atoms with E-state index in [1.807, 2.05) is 32.9 Å². The van der Waals surface area contributed by atoms with Crippen molar-refractivity contribution in [2.24, 2.45) is 7.05 Å². The highest BCUT2D eigenvalue weighted by Crippen LogP contribution is 2.21. The van der Waals surface area contributed by atoms with Gasteiger partial charge in [-0.3, -0.25) is 14.4 Å². The standard InChI is InChI=1S/C18H21N3O3/c1-11-7-12(2)17(13(3)8-11)20-15(22)10-19-18(24)14-5-6-21(4)16(23)9-14/h5-9H,10H2,1-4H3,(H,19,24)(H,20,22). The number of benzene rings is 1. The van der Waals surface area contributed by atoms with Gasteiger partial charge in [0.15, 0.2) is 0 Å². The van der Waals surface area contributed by atoms with Crippen molar-refractivity contribution < 1.29 is 9.59 Å². The summed E-state index contributed by atoms with van der Waals surface area (Å²) in [6.07, 6.45) is 1.51. The maximum absolute atomic E-state index is 12.1. The van der Waals surface area contributed by atoms with Gasteiger partial charge in [-0.15, -0.1) is 0 Å². The third kappa shape index (κ3) is 4.10. The molecular weight excluding hydrogens is 306 g/mol. The fourth-order valence-corrected chi connectivity index (χ4v) is 2.51. The molecule has 0 spiro atoms. The number of rotatable bonds is 4. The van der Waals surface area contributed by atoms with Gasteiger partial charge in [-0.1, -0.05) is 17.7 Å². The molecule has 0 saturated heterocycles. The third-order valence-electron chi connectivity index (χ3n) is 3.72. The Hall–Kier alpha value is -2.89. The van der Waals surface area contributed by atoms with E-state index in [1.165, 1.54) is 22.9 Å². The SMILES string of the molecule is Cc1cc(C)c(NC(=O)CNC(=O)c2ccn(C)c(=O)c2)c(C)c1. The largest absolute Gasteiger partial charge is 0.343 e. The molecular formula is C18H21N3O3. The van der Waals surface area contributed by atoms with Gasteiger partial charge in [0.2, 0.25) is 5.91 Å². The number of hydrogen-bond acceptors (Lipinski definition) is 3. The molecule has 2 rings (SSSR count). The molecule has 0 fully saturated rings. The first kappa shape index (κ1) is 17.5. The predicted octanol–water partition coefficient (Wildman–Crippen LogP) is 1.68. The average molecular weight is 327 g/mol.